The second kappa shape index (κ2) is 5.67. The molecule has 1 unspecified atom stereocenters. The van der Waals surface area contributed by atoms with Gasteiger partial charge in [0.1, 0.15) is 11.5 Å². The van der Waals surface area contributed by atoms with Gasteiger partial charge in [0, 0.05) is 25.8 Å². The Balaban J connectivity index is 1.97. The van der Waals surface area contributed by atoms with Crippen LogP contribution in [0, 0.1) is 6.92 Å². The second-order valence-corrected chi connectivity index (χ2v) is 4.73. The number of rotatable bonds is 4. The molecule has 0 saturated carbocycles. The van der Waals surface area contributed by atoms with Crippen molar-refractivity contribution in [3.05, 3.63) is 23.2 Å². The van der Waals surface area contributed by atoms with Crippen molar-refractivity contribution in [2.75, 3.05) is 20.2 Å². The number of nitrogens with zero attached hydrogens (tertiary/aromatic N) is 1. The smallest absolute Gasteiger partial charge is 0.118 e. The Labute approximate surface area is 103 Å². The summed E-state index contributed by atoms with van der Waals surface area (Å²) >= 11 is 0. The highest BCUT2D eigenvalue weighted by atomic mass is 16.5. The third kappa shape index (κ3) is 3.09. The lowest BCUT2D eigenvalue weighted by molar-refractivity contribution is 0.0284. The lowest BCUT2D eigenvalue weighted by atomic mass is 10.1. The van der Waals surface area contributed by atoms with Gasteiger partial charge in [-0.05, 0) is 32.4 Å². The summed E-state index contributed by atoms with van der Waals surface area (Å²) < 4.78 is 11.0. The first kappa shape index (κ1) is 12.6. The zero-order chi connectivity index (χ0) is 12.3. The van der Waals surface area contributed by atoms with Gasteiger partial charge >= 0.3 is 0 Å². The number of aryl methyl sites for hydroxylation is 1. The zero-order valence-electron chi connectivity index (χ0n) is 10.7. The lowest BCUT2D eigenvalue weighted by Crippen LogP contribution is -2.38. The number of hydrogen-bond acceptors (Lipinski definition) is 4. The molecule has 1 atom stereocenters. The molecule has 1 saturated heterocycles. The maximum absolute atomic E-state index is 5.58. The van der Waals surface area contributed by atoms with Crippen LogP contribution in [0.15, 0.2) is 10.5 Å². The molecule has 2 rings (SSSR count). The highest BCUT2D eigenvalue weighted by Crippen LogP contribution is 2.20. The van der Waals surface area contributed by atoms with Crippen molar-refractivity contribution in [1.82, 2.24) is 4.90 Å². The molecule has 0 bridgehead atoms. The van der Waals surface area contributed by atoms with E-state index in [-0.39, 0.29) is 0 Å². The van der Waals surface area contributed by atoms with Crippen LogP contribution < -0.4 is 5.73 Å². The second-order valence-electron chi connectivity index (χ2n) is 4.73. The van der Waals surface area contributed by atoms with Crippen LogP contribution in [0.4, 0.5) is 0 Å². The fourth-order valence-electron chi connectivity index (χ4n) is 2.44. The first-order chi connectivity index (χ1) is 8.22. The van der Waals surface area contributed by atoms with Crippen molar-refractivity contribution in [2.24, 2.45) is 5.73 Å². The summed E-state index contributed by atoms with van der Waals surface area (Å²) in [5.74, 6) is 1.86. The van der Waals surface area contributed by atoms with Gasteiger partial charge < -0.3 is 14.9 Å². The molecule has 17 heavy (non-hydrogen) atoms. The van der Waals surface area contributed by atoms with Crippen molar-refractivity contribution in [2.45, 2.75) is 39.0 Å². The van der Waals surface area contributed by atoms with E-state index in [4.69, 9.17) is 14.9 Å². The molecule has 0 aromatic carbocycles. The maximum Gasteiger partial charge on any atom is 0.118 e. The van der Waals surface area contributed by atoms with E-state index in [1.165, 1.54) is 18.4 Å². The Hall–Kier alpha value is -0.840. The summed E-state index contributed by atoms with van der Waals surface area (Å²) in [5.41, 5.74) is 6.83. The van der Waals surface area contributed by atoms with E-state index < -0.39 is 0 Å². The first-order valence-electron chi connectivity index (χ1n) is 6.26. The van der Waals surface area contributed by atoms with Gasteiger partial charge in [0.2, 0.25) is 0 Å². The molecule has 2 heterocycles. The van der Waals surface area contributed by atoms with Crippen LogP contribution in [0.5, 0.6) is 0 Å². The molecule has 1 aliphatic rings. The fraction of sp³-hybridized carbons (Fsp3) is 0.692. The van der Waals surface area contributed by atoms with Crippen molar-refractivity contribution in [3.8, 4) is 0 Å². The number of likely N-dealkylation sites (tertiary alicyclic amines) is 1. The van der Waals surface area contributed by atoms with E-state index in [0.29, 0.717) is 12.6 Å². The number of ether oxygens (including phenoxy) is 1. The molecule has 4 nitrogen and oxygen atoms in total. The molecule has 0 aliphatic carbocycles. The van der Waals surface area contributed by atoms with E-state index >= 15 is 0 Å². The van der Waals surface area contributed by atoms with Crippen molar-refractivity contribution < 1.29 is 9.15 Å². The number of methoxy groups -OCH3 is 1. The summed E-state index contributed by atoms with van der Waals surface area (Å²) in [6, 6.07) is 2.08. The first-order valence-corrected chi connectivity index (χ1v) is 6.26. The van der Waals surface area contributed by atoms with Gasteiger partial charge in [0.25, 0.3) is 0 Å². The summed E-state index contributed by atoms with van der Waals surface area (Å²) in [6.07, 6.45) is 2.76. The van der Waals surface area contributed by atoms with E-state index in [1.807, 2.05) is 6.92 Å². The number of nitrogens with two attached hydrogens (primary N) is 1. The molecule has 1 aromatic heterocycles. The van der Waals surface area contributed by atoms with Gasteiger partial charge in [0.15, 0.2) is 0 Å². The monoisotopic (exact) mass is 238 g/mol. The molecule has 4 heteroatoms. The Morgan fingerprint density at radius 3 is 3.06 bits per heavy atom. The standard InChI is InChI=1S/C13H22N2O2/c1-10-11(6-13(7-14)17-10)8-15-5-3-4-12(9-15)16-2/h6,12H,3-5,7-9,14H2,1-2H3. The zero-order valence-corrected chi connectivity index (χ0v) is 10.7. The van der Waals surface area contributed by atoms with Crippen LogP contribution in [0.3, 0.4) is 0 Å². The molecule has 1 aromatic rings. The average molecular weight is 238 g/mol. The van der Waals surface area contributed by atoms with Gasteiger partial charge in [-0.2, -0.15) is 0 Å². The summed E-state index contributed by atoms with van der Waals surface area (Å²) in [7, 11) is 1.80. The maximum atomic E-state index is 5.58. The minimum atomic E-state index is 0.380. The van der Waals surface area contributed by atoms with Crippen LogP contribution in [0.25, 0.3) is 0 Å². The molecule has 96 valence electrons. The fourth-order valence-corrected chi connectivity index (χ4v) is 2.44. The van der Waals surface area contributed by atoms with Crippen LogP contribution >= 0.6 is 0 Å². The van der Waals surface area contributed by atoms with Crippen molar-refractivity contribution >= 4 is 0 Å². The van der Waals surface area contributed by atoms with E-state index in [1.54, 1.807) is 7.11 Å². The van der Waals surface area contributed by atoms with Gasteiger partial charge in [-0.15, -0.1) is 0 Å². The van der Waals surface area contributed by atoms with E-state index in [9.17, 15) is 0 Å². The van der Waals surface area contributed by atoms with Gasteiger partial charge in [-0.1, -0.05) is 0 Å². The molecule has 1 aliphatic heterocycles. The lowest BCUT2D eigenvalue weighted by Gasteiger charge is -2.31. The highest BCUT2D eigenvalue weighted by Gasteiger charge is 2.20. The van der Waals surface area contributed by atoms with Crippen LogP contribution in [0.2, 0.25) is 0 Å². The highest BCUT2D eigenvalue weighted by molar-refractivity contribution is 5.20. The summed E-state index contributed by atoms with van der Waals surface area (Å²) in [5, 5.41) is 0. The minimum absolute atomic E-state index is 0.380. The summed E-state index contributed by atoms with van der Waals surface area (Å²) in [4.78, 5) is 2.43. The van der Waals surface area contributed by atoms with Crippen LogP contribution in [0.1, 0.15) is 29.9 Å². The Bertz CT molecular complexity index is 362. The number of hydrogen-bond donors (Lipinski definition) is 1. The van der Waals surface area contributed by atoms with Crippen molar-refractivity contribution in [3.63, 3.8) is 0 Å². The van der Waals surface area contributed by atoms with E-state index in [0.717, 1.165) is 31.2 Å². The third-order valence-electron chi connectivity index (χ3n) is 3.46. The third-order valence-corrected chi connectivity index (χ3v) is 3.46. The van der Waals surface area contributed by atoms with Crippen molar-refractivity contribution in [1.29, 1.82) is 0 Å². The largest absolute Gasteiger partial charge is 0.465 e. The van der Waals surface area contributed by atoms with Crippen LogP contribution in [-0.4, -0.2) is 31.2 Å². The van der Waals surface area contributed by atoms with Crippen LogP contribution in [-0.2, 0) is 17.8 Å². The number of piperidine rings is 1. The Kier molecular flexibility index (Phi) is 4.20. The minimum Gasteiger partial charge on any atom is -0.465 e. The molecule has 0 amide bonds. The van der Waals surface area contributed by atoms with E-state index in [2.05, 4.69) is 11.0 Å². The Morgan fingerprint density at radius 2 is 2.41 bits per heavy atom. The predicted octanol–water partition coefficient (Wildman–Crippen LogP) is 1.66. The number of furan rings is 1. The predicted molar refractivity (Wildman–Crippen MR) is 66.6 cm³/mol. The molecular weight excluding hydrogens is 216 g/mol. The van der Waals surface area contributed by atoms with Gasteiger partial charge in [-0.3, -0.25) is 4.90 Å². The molecule has 2 N–H and O–H groups in total. The molecule has 0 spiro atoms. The SMILES string of the molecule is COC1CCCN(Cc2cc(CN)oc2C)C1. The summed E-state index contributed by atoms with van der Waals surface area (Å²) in [6.45, 7) is 5.57. The van der Waals surface area contributed by atoms with Gasteiger partial charge in [0.05, 0.1) is 12.6 Å². The topological polar surface area (TPSA) is 51.6 Å². The molecule has 1 fully saturated rings. The molecular formula is C13H22N2O2. The Morgan fingerprint density at radius 1 is 1.59 bits per heavy atom. The average Bonchev–Trinajstić information content (AvgIpc) is 2.70. The quantitative estimate of drug-likeness (QED) is 0.866. The molecule has 0 radical (unpaired) electrons. The van der Waals surface area contributed by atoms with Gasteiger partial charge in [-0.25, -0.2) is 0 Å². The normalized spacial score (nSPS) is 21.9.